The van der Waals surface area contributed by atoms with Crippen LogP contribution in [0.2, 0.25) is 0 Å². The number of likely N-dealkylation sites (tertiary alicyclic amines) is 1. The summed E-state index contributed by atoms with van der Waals surface area (Å²) in [5.74, 6) is 7.97. The lowest BCUT2D eigenvalue weighted by Gasteiger charge is -2.63. The third-order valence-corrected chi connectivity index (χ3v) is 31.7. The summed E-state index contributed by atoms with van der Waals surface area (Å²) in [4.78, 5) is 18.9. The van der Waals surface area contributed by atoms with E-state index >= 15 is 0 Å². The van der Waals surface area contributed by atoms with E-state index in [0.717, 1.165) is 163 Å². The zero-order chi connectivity index (χ0) is 93.2. The van der Waals surface area contributed by atoms with E-state index in [9.17, 15) is 10.2 Å². The fourth-order valence-electron chi connectivity index (χ4n) is 19.3. The molecule has 3 fully saturated rings. The van der Waals surface area contributed by atoms with Crippen molar-refractivity contribution < 1.29 is 38.7 Å². The maximum absolute atomic E-state index is 12.7. The molecule has 12 aromatic rings. The minimum absolute atomic E-state index is 0.00915. The lowest BCUT2D eigenvalue weighted by atomic mass is 9.48. The Balaban J connectivity index is 0.000000157. The molecule has 5 unspecified atom stereocenters. The Morgan fingerprint density at radius 1 is 0.466 bits per heavy atom. The van der Waals surface area contributed by atoms with Gasteiger partial charge >= 0.3 is 0 Å². The van der Waals surface area contributed by atoms with Crippen LogP contribution in [0.1, 0.15) is 177 Å². The van der Waals surface area contributed by atoms with Gasteiger partial charge in [-0.15, -0.1) is 0 Å². The number of nitrogens with zero attached hydrogens (tertiary/aromatic N) is 4. The molecule has 2 heterocycles. The van der Waals surface area contributed by atoms with Crippen LogP contribution in [-0.4, -0.2) is 144 Å². The van der Waals surface area contributed by atoms with Crippen molar-refractivity contribution in [3.63, 3.8) is 0 Å². The minimum atomic E-state index is -1.92. The molecule has 3 aliphatic carbocycles. The number of carbonyl (C=O) groups is 1. The highest BCUT2D eigenvalue weighted by molar-refractivity contribution is 9.09. The maximum Gasteiger partial charge on any atom is 0.166 e. The highest BCUT2D eigenvalue weighted by atomic mass is 79.9. The Hall–Kier alpha value is -10.1. The molecular formula is C118H139Br2N4O8P. The average molecular weight is 1930 g/mol. The summed E-state index contributed by atoms with van der Waals surface area (Å²) in [6, 6.07) is 113. The largest absolute Gasteiger partial charge is 0.504 e. The SMILES string of the molecule is CCCCC(Oc1ccc(C)cc1)c1ccccc1.Cc1ccc(OC(CCN(C)CC/C=C2/CC[C@@]3(O)[C@H]4Cc5ccc(O)c6c5[C@@]3(CCN4CC3CC3)C2O6)c2ccccc2)cc1.Cc1ccc(OC(CCN(C)CCC=P(c2ccccc2)(c2ccccc2)c2ccccc2)c2ccccc2)cc1.Cc1ccc(OC(CCN(C)CCCBr)c2ccccc2)cc1.O=CCBr. The van der Waals surface area contributed by atoms with Crippen molar-refractivity contribution in [3.8, 4) is 34.5 Å². The molecule has 1 spiro atoms. The number of halogens is 2. The molecular weight excluding hydrogens is 1790 g/mol. The van der Waals surface area contributed by atoms with E-state index in [1.807, 2.05) is 6.07 Å². The molecule has 133 heavy (non-hydrogen) atoms. The van der Waals surface area contributed by atoms with Crippen LogP contribution in [0.5, 0.6) is 34.5 Å². The third kappa shape index (κ3) is 27.6. The minimum Gasteiger partial charge on any atom is -0.504 e. The molecule has 17 rings (SSSR count). The summed E-state index contributed by atoms with van der Waals surface area (Å²) < 4.78 is 32.2. The second-order valence-corrected chi connectivity index (χ2v) is 41.4. The summed E-state index contributed by atoms with van der Waals surface area (Å²) in [5.41, 5.74) is 12.2. The summed E-state index contributed by atoms with van der Waals surface area (Å²) >= 11 is 6.37. The maximum atomic E-state index is 12.7. The zero-order valence-corrected chi connectivity index (χ0v) is 83.5. The summed E-state index contributed by atoms with van der Waals surface area (Å²) in [6.45, 7) is 16.7. The van der Waals surface area contributed by atoms with Crippen LogP contribution in [0.4, 0.5) is 0 Å². The van der Waals surface area contributed by atoms with Crippen LogP contribution in [0.25, 0.3) is 0 Å². The molecule has 15 heteroatoms. The van der Waals surface area contributed by atoms with E-state index in [4.69, 9.17) is 28.5 Å². The molecule has 0 aromatic heterocycles. The molecule has 5 aliphatic rings. The number of aldehydes is 1. The predicted octanol–water partition coefficient (Wildman–Crippen LogP) is 25.5. The van der Waals surface area contributed by atoms with Gasteiger partial charge in [0.05, 0.1) is 16.3 Å². The van der Waals surface area contributed by atoms with Crippen LogP contribution in [0, 0.1) is 33.6 Å². The monoisotopic (exact) mass is 1930 g/mol. The van der Waals surface area contributed by atoms with Gasteiger partial charge < -0.3 is 53.4 Å². The van der Waals surface area contributed by atoms with Gasteiger partial charge in [-0.1, -0.05) is 346 Å². The van der Waals surface area contributed by atoms with Crippen molar-refractivity contribution in [1.29, 1.82) is 0 Å². The lowest BCUT2D eigenvalue weighted by molar-refractivity contribution is -0.174. The number of piperidine rings is 1. The quantitative estimate of drug-likeness (QED) is 0.0165. The number of hydrogen-bond donors (Lipinski definition) is 2. The van der Waals surface area contributed by atoms with Gasteiger partial charge in [-0.05, 0) is 249 Å². The summed E-state index contributed by atoms with van der Waals surface area (Å²) in [7, 11) is 6.60. The number of rotatable bonds is 39. The van der Waals surface area contributed by atoms with Gasteiger partial charge in [0.2, 0.25) is 0 Å². The van der Waals surface area contributed by atoms with Gasteiger partial charge in [0.1, 0.15) is 59.8 Å². The number of phenolic OH excluding ortho intramolecular Hbond substituents is 1. The van der Waals surface area contributed by atoms with E-state index in [1.54, 1.807) is 6.07 Å². The smallest absolute Gasteiger partial charge is 0.166 e. The van der Waals surface area contributed by atoms with Crippen LogP contribution in [-0.2, 0) is 16.6 Å². The molecule has 2 bridgehead atoms. The molecule has 2 saturated carbocycles. The fourth-order valence-corrected chi connectivity index (χ4v) is 23.5. The first-order chi connectivity index (χ1) is 64.9. The molecule has 1 saturated heterocycles. The van der Waals surface area contributed by atoms with E-state index in [2.05, 4.69) is 428 Å². The van der Waals surface area contributed by atoms with Crippen LogP contribution < -0.4 is 39.6 Å². The molecule has 698 valence electrons. The second kappa shape index (κ2) is 51.0. The number of phenols is 1. The Kier molecular flexibility index (Phi) is 38.5. The number of ether oxygens (including phenoxy) is 5. The van der Waals surface area contributed by atoms with Crippen molar-refractivity contribution >= 4 is 66.7 Å². The van der Waals surface area contributed by atoms with Crippen molar-refractivity contribution in [3.05, 3.63) is 389 Å². The fraction of sp³-hybridized carbons (Fsp3) is 0.356. The molecule has 12 nitrogen and oxygen atoms in total. The molecule has 0 radical (unpaired) electrons. The number of hydrogen-bond acceptors (Lipinski definition) is 12. The van der Waals surface area contributed by atoms with Crippen molar-refractivity contribution in [2.24, 2.45) is 5.92 Å². The summed E-state index contributed by atoms with van der Waals surface area (Å²) in [5, 5.41) is 29.4. The standard InChI is InChI=1S/C40H48N2O4.C38H40NOP.C20H26BrNO.C18H22O.C2H3BrO/c1-27-10-15-32(16-11-27)45-34(29-7-4-3-5-8-29)19-23-41(2)22-6-9-30-18-20-40(44)35-25-31-14-17-33(43)37-36(31)39(40,38(30)46-37)21-24-42(35)26-28-12-13-28;1-32-24-26-34(27-25-32)40-38(33-16-7-3-8-17-33)28-30-39(2)29-15-31-41(35-18-9-4-10-19-35,36-20-11-5-12-21-36)37-22-13-6-14-23-37;1-17-9-11-19(12-10-17)23-20(18-7-4-3-5-8-18)13-16-22(2)15-6-14-21;1-3-4-10-18(16-8-6-5-7-9-16)19-17-13-11-15(2)12-14-17;3-1-2-4/h3-5,7-11,14-17,28,34-35,38,43-44H,6,12-13,18-26H2,1-2H3;3-14,16-27,31,38H,15,28-30H2,1-2H3;3-5,7-12,20H,6,13-16H2,1-2H3;5-9,11-14,18H,3-4,10H2,1-2H3;2H,1H2/b30-9-;;;;/t34?,35-,38?,39+,40-;;;;/m1..../s1. The zero-order valence-electron chi connectivity index (χ0n) is 79.4. The number of benzene rings is 12. The molecule has 12 aromatic carbocycles. The molecule has 2 N–H and O–H groups in total. The van der Waals surface area contributed by atoms with Crippen molar-refractivity contribution in [1.82, 2.24) is 19.6 Å². The average Bonchev–Trinajstić information content (AvgIpc) is 1.52. The Morgan fingerprint density at radius 2 is 0.835 bits per heavy atom. The Labute approximate surface area is 811 Å². The number of aromatic hydroxyl groups is 1. The van der Waals surface area contributed by atoms with Crippen molar-refractivity contribution in [2.75, 3.05) is 84.2 Å². The van der Waals surface area contributed by atoms with Crippen LogP contribution in [0.15, 0.2) is 333 Å². The third-order valence-electron chi connectivity index (χ3n) is 26.7. The summed E-state index contributed by atoms with van der Waals surface area (Å²) in [6.07, 6.45) is 18.5. The lowest BCUT2D eigenvalue weighted by Crippen LogP contribution is -2.75. The van der Waals surface area contributed by atoms with Gasteiger partial charge in [-0.25, -0.2) is 0 Å². The first kappa shape index (κ1) is 100. The van der Waals surface area contributed by atoms with E-state index in [0.29, 0.717) is 11.1 Å². The molecule has 2 aliphatic heterocycles. The van der Waals surface area contributed by atoms with E-state index < -0.39 is 17.9 Å². The Morgan fingerprint density at radius 3 is 1.20 bits per heavy atom. The highest BCUT2D eigenvalue weighted by Gasteiger charge is 2.72. The first-order valence-electron chi connectivity index (χ1n) is 48.2. The number of alkyl halides is 2. The van der Waals surface area contributed by atoms with Gasteiger partial charge in [0.15, 0.2) is 11.5 Å². The second-order valence-electron chi connectivity index (χ2n) is 36.6. The number of aliphatic hydroxyl groups is 1. The van der Waals surface area contributed by atoms with Gasteiger partial charge in [-0.3, -0.25) is 4.90 Å². The van der Waals surface area contributed by atoms with E-state index in [-0.39, 0.29) is 42.3 Å². The molecule has 8 atom stereocenters. The first-order valence-corrected chi connectivity index (χ1v) is 52.3. The van der Waals surface area contributed by atoms with Gasteiger partial charge in [0.25, 0.3) is 0 Å². The van der Waals surface area contributed by atoms with E-state index in [1.165, 1.54) is 104 Å². The van der Waals surface area contributed by atoms with Gasteiger partial charge in [-0.2, -0.15) is 0 Å². The van der Waals surface area contributed by atoms with Crippen LogP contribution >= 0.6 is 38.7 Å². The Bertz CT molecular complexity index is 5410. The predicted molar refractivity (Wildman–Crippen MR) is 561 cm³/mol. The normalized spacial score (nSPS) is 18.0. The topological polar surface area (TPSA) is 117 Å². The number of aryl methyl sites for hydroxylation is 4. The molecule has 0 amide bonds. The highest BCUT2D eigenvalue weighted by Crippen LogP contribution is 2.67. The van der Waals surface area contributed by atoms with Crippen molar-refractivity contribution in [2.45, 2.75) is 179 Å². The van der Waals surface area contributed by atoms with Crippen LogP contribution in [0.3, 0.4) is 0 Å². The number of carbonyl (C=O) groups excluding carboxylic acids is 1. The number of unbranched alkanes of at least 4 members (excludes halogenated alkanes) is 1. The van der Waals surface area contributed by atoms with Gasteiger partial charge in [0, 0.05) is 75.5 Å².